The Morgan fingerprint density at radius 1 is 1.69 bits per heavy atom. The number of rotatable bonds is 5. The third-order valence-electron chi connectivity index (χ3n) is 2.39. The van der Waals surface area contributed by atoms with Gasteiger partial charge in [0, 0.05) is 12.1 Å². The molecule has 1 saturated carbocycles. The van der Waals surface area contributed by atoms with Crippen LogP contribution in [0.15, 0.2) is 0 Å². The highest BCUT2D eigenvalue weighted by Gasteiger charge is 2.33. The summed E-state index contributed by atoms with van der Waals surface area (Å²) in [4.78, 5) is 11.1. The van der Waals surface area contributed by atoms with Crippen molar-refractivity contribution in [2.75, 3.05) is 6.61 Å². The fourth-order valence-electron chi connectivity index (χ4n) is 1.45. The number of esters is 1. The SMILES string of the molecule is CCOC(=O)CC(C)NC1CC1C. The fraction of sp³-hybridized carbons (Fsp3) is 0.900. The largest absolute Gasteiger partial charge is 0.466 e. The zero-order chi connectivity index (χ0) is 9.84. The van der Waals surface area contributed by atoms with Gasteiger partial charge < -0.3 is 10.1 Å². The minimum absolute atomic E-state index is 0.101. The molecule has 1 aliphatic rings. The molecular weight excluding hydrogens is 166 g/mol. The van der Waals surface area contributed by atoms with Crippen molar-refractivity contribution < 1.29 is 9.53 Å². The van der Waals surface area contributed by atoms with Crippen molar-refractivity contribution in [2.45, 2.75) is 45.7 Å². The maximum atomic E-state index is 11.1. The standard InChI is InChI=1S/C10H19NO2/c1-4-13-10(12)6-8(3)11-9-5-7(9)2/h7-9,11H,4-6H2,1-3H3. The molecule has 1 aliphatic carbocycles. The minimum atomic E-state index is -0.101. The molecule has 0 radical (unpaired) electrons. The first kappa shape index (κ1) is 10.5. The Hall–Kier alpha value is -0.570. The van der Waals surface area contributed by atoms with E-state index in [2.05, 4.69) is 12.2 Å². The number of ether oxygens (including phenoxy) is 1. The highest BCUT2D eigenvalue weighted by Crippen LogP contribution is 2.29. The predicted molar refractivity (Wildman–Crippen MR) is 51.4 cm³/mol. The Bertz CT molecular complexity index is 182. The summed E-state index contributed by atoms with van der Waals surface area (Å²) in [6.45, 7) is 6.56. The van der Waals surface area contributed by atoms with Gasteiger partial charge in [0.25, 0.3) is 0 Å². The maximum absolute atomic E-state index is 11.1. The predicted octanol–water partition coefficient (Wildman–Crippen LogP) is 1.33. The average molecular weight is 185 g/mol. The smallest absolute Gasteiger partial charge is 0.307 e. The second-order valence-corrected chi connectivity index (χ2v) is 3.90. The van der Waals surface area contributed by atoms with E-state index in [-0.39, 0.29) is 12.0 Å². The quantitative estimate of drug-likeness (QED) is 0.657. The summed E-state index contributed by atoms with van der Waals surface area (Å²) in [5.41, 5.74) is 0. The number of carbonyl (C=O) groups is 1. The van der Waals surface area contributed by atoms with Gasteiger partial charge in [-0.1, -0.05) is 6.92 Å². The first-order valence-electron chi connectivity index (χ1n) is 5.05. The van der Waals surface area contributed by atoms with Crippen LogP contribution in [0.1, 0.15) is 33.6 Å². The molecule has 3 unspecified atom stereocenters. The van der Waals surface area contributed by atoms with Crippen LogP contribution in [0.3, 0.4) is 0 Å². The Kier molecular flexibility index (Phi) is 3.72. The lowest BCUT2D eigenvalue weighted by molar-refractivity contribution is -0.143. The van der Waals surface area contributed by atoms with E-state index >= 15 is 0 Å². The molecule has 0 aromatic carbocycles. The van der Waals surface area contributed by atoms with E-state index in [1.165, 1.54) is 6.42 Å². The third kappa shape index (κ3) is 3.77. The lowest BCUT2D eigenvalue weighted by atomic mass is 10.2. The number of nitrogens with one attached hydrogen (secondary N) is 1. The van der Waals surface area contributed by atoms with Crippen LogP contribution in [0.5, 0.6) is 0 Å². The molecule has 3 heteroatoms. The summed E-state index contributed by atoms with van der Waals surface area (Å²) < 4.78 is 4.86. The van der Waals surface area contributed by atoms with Crippen molar-refractivity contribution >= 4 is 5.97 Å². The molecule has 0 aliphatic heterocycles. The van der Waals surface area contributed by atoms with Gasteiger partial charge in [-0.15, -0.1) is 0 Å². The van der Waals surface area contributed by atoms with Crippen LogP contribution < -0.4 is 5.32 Å². The van der Waals surface area contributed by atoms with Gasteiger partial charge in [0.2, 0.25) is 0 Å². The van der Waals surface area contributed by atoms with Gasteiger partial charge in [-0.3, -0.25) is 4.79 Å². The van der Waals surface area contributed by atoms with Crippen LogP contribution in [0.25, 0.3) is 0 Å². The van der Waals surface area contributed by atoms with Gasteiger partial charge in [-0.25, -0.2) is 0 Å². The number of hydrogen-bond donors (Lipinski definition) is 1. The molecule has 1 fully saturated rings. The summed E-state index contributed by atoms with van der Waals surface area (Å²) in [7, 11) is 0. The van der Waals surface area contributed by atoms with Crippen LogP contribution in [-0.4, -0.2) is 24.7 Å². The Morgan fingerprint density at radius 3 is 2.77 bits per heavy atom. The molecule has 3 atom stereocenters. The zero-order valence-electron chi connectivity index (χ0n) is 8.67. The molecule has 1 rings (SSSR count). The zero-order valence-corrected chi connectivity index (χ0v) is 8.67. The van der Waals surface area contributed by atoms with Gasteiger partial charge in [0.1, 0.15) is 0 Å². The van der Waals surface area contributed by atoms with E-state index < -0.39 is 0 Å². The Balaban J connectivity index is 2.09. The molecule has 0 bridgehead atoms. The van der Waals surface area contributed by atoms with Crippen LogP contribution in [0, 0.1) is 5.92 Å². The Morgan fingerprint density at radius 2 is 2.31 bits per heavy atom. The van der Waals surface area contributed by atoms with Crippen molar-refractivity contribution in [2.24, 2.45) is 5.92 Å². The minimum Gasteiger partial charge on any atom is -0.466 e. The molecule has 76 valence electrons. The molecule has 0 amide bonds. The van der Waals surface area contributed by atoms with Crippen molar-refractivity contribution in [1.29, 1.82) is 0 Å². The fourth-order valence-corrected chi connectivity index (χ4v) is 1.45. The highest BCUT2D eigenvalue weighted by atomic mass is 16.5. The summed E-state index contributed by atoms with van der Waals surface area (Å²) in [5, 5.41) is 3.39. The van der Waals surface area contributed by atoms with Crippen molar-refractivity contribution in [1.82, 2.24) is 5.32 Å². The molecule has 13 heavy (non-hydrogen) atoms. The second-order valence-electron chi connectivity index (χ2n) is 3.90. The molecular formula is C10H19NO2. The van der Waals surface area contributed by atoms with E-state index in [1.807, 2.05) is 13.8 Å². The van der Waals surface area contributed by atoms with Crippen LogP contribution in [-0.2, 0) is 9.53 Å². The lowest BCUT2D eigenvalue weighted by Crippen LogP contribution is -2.31. The lowest BCUT2D eigenvalue weighted by Gasteiger charge is -2.12. The summed E-state index contributed by atoms with van der Waals surface area (Å²) >= 11 is 0. The van der Waals surface area contributed by atoms with Gasteiger partial charge in [0.05, 0.1) is 13.0 Å². The van der Waals surface area contributed by atoms with E-state index in [1.54, 1.807) is 0 Å². The Labute approximate surface area is 79.8 Å². The van der Waals surface area contributed by atoms with E-state index in [9.17, 15) is 4.79 Å². The number of carbonyl (C=O) groups excluding carboxylic acids is 1. The topological polar surface area (TPSA) is 38.3 Å². The van der Waals surface area contributed by atoms with Gasteiger partial charge in [-0.2, -0.15) is 0 Å². The van der Waals surface area contributed by atoms with E-state index in [0.29, 0.717) is 19.1 Å². The second kappa shape index (κ2) is 4.61. The van der Waals surface area contributed by atoms with Crippen molar-refractivity contribution in [3.05, 3.63) is 0 Å². The summed E-state index contributed by atoms with van der Waals surface area (Å²) in [6, 6.07) is 0.874. The van der Waals surface area contributed by atoms with Crippen LogP contribution in [0.2, 0.25) is 0 Å². The van der Waals surface area contributed by atoms with E-state index in [4.69, 9.17) is 4.74 Å². The third-order valence-corrected chi connectivity index (χ3v) is 2.39. The normalized spacial score (nSPS) is 28.2. The molecule has 0 aromatic heterocycles. The number of hydrogen-bond acceptors (Lipinski definition) is 3. The molecule has 0 saturated heterocycles. The highest BCUT2D eigenvalue weighted by molar-refractivity contribution is 5.70. The molecule has 0 heterocycles. The molecule has 1 N–H and O–H groups in total. The van der Waals surface area contributed by atoms with Gasteiger partial charge in [0.15, 0.2) is 0 Å². The maximum Gasteiger partial charge on any atom is 0.307 e. The molecule has 0 aromatic rings. The van der Waals surface area contributed by atoms with E-state index in [0.717, 1.165) is 5.92 Å². The van der Waals surface area contributed by atoms with Crippen molar-refractivity contribution in [3.63, 3.8) is 0 Å². The first-order chi connectivity index (χ1) is 6.13. The average Bonchev–Trinajstić information content (AvgIpc) is 2.65. The molecule has 3 nitrogen and oxygen atoms in total. The summed E-state index contributed by atoms with van der Waals surface area (Å²) in [6.07, 6.45) is 1.73. The molecule has 0 spiro atoms. The summed E-state index contributed by atoms with van der Waals surface area (Å²) in [5.74, 6) is 0.681. The van der Waals surface area contributed by atoms with Crippen LogP contribution >= 0.6 is 0 Å². The van der Waals surface area contributed by atoms with Gasteiger partial charge >= 0.3 is 5.97 Å². The van der Waals surface area contributed by atoms with Crippen LogP contribution in [0.4, 0.5) is 0 Å². The van der Waals surface area contributed by atoms with Crippen molar-refractivity contribution in [3.8, 4) is 0 Å². The van der Waals surface area contributed by atoms with Gasteiger partial charge in [-0.05, 0) is 26.2 Å². The first-order valence-corrected chi connectivity index (χ1v) is 5.05. The monoisotopic (exact) mass is 185 g/mol.